The molecule has 0 rings (SSSR count). The predicted molar refractivity (Wildman–Crippen MR) is 51.7 cm³/mol. The van der Waals surface area contributed by atoms with E-state index >= 15 is 0 Å². The van der Waals surface area contributed by atoms with Crippen molar-refractivity contribution in [3.63, 3.8) is 0 Å². The van der Waals surface area contributed by atoms with E-state index in [-0.39, 0.29) is 0 Å². The molecule has 66 valence electrons. The van der Waals surface area contributed by atoms with E-state index in [0.29, 0.717) is 0 Å². The lowest BCUT2D eigenvalue weighted by molar-refractivity contribution is -0.900. The molecule has 0 amide bonds. The monoisotopic (exact) mass is 176 g/mol. The molecule has 0 atom stereocenters. The molecule has 0 bridgehead atoms. The lowest BCUT2D eigenvalue weighted by Gasteiger charge is -2.30. The Hall–Kier alpha value is -0.0100. The smallest absolute Gasteiger partial charge is 0.0985 e. The summed E-state index contributed by atoms with van der Waals surface area (Å²) < 4.78 is 1.07. The van der Waals surface area contributed by atoms with Crippen LogP contribution in [0.1, 0.15) is 20.8 Å². The largest absolute Gasteiger partial charge is 0.323 e. The number of quaternary nitrogens is 1. The Kier molecular flexibility index (Phi) is 4.78. The molecule has 0 saturated heterocycles. The molecule has 0 aromatic rings. The van der Waals surface area contributed by atoms with Crippen LogP contribution in [0, 0.1) is 0 Å². The molecule has 2 heteroatoms. The quantitative estimate of drug-likeness (QED) is 0.578. The number of hydrogen-bond acceptors (Lipinski definition) is 0. The van der Waals surface area contributed by atoms with Crippen LogP contribution in [0.25, 0.3) is 0 Å². The molecule has 0 aliphatic carbocycles. The van der Waals surface area contributed by atoms with Crippen molar-refractivity contribution >= 4 is 11.6 Å². The Morgan fingerprint density at radius 3 is 2.09 bits per heavy atom. The molecule has 0 fully saturated rings. The van der Waals surface area contributed by atoms with Crippen LogP contribution in [-0.4, -0.2) is 31.2 Å². The Bertz CT molecular complexity index is 132. The fraction of sp³-hybridized carbons (Fsp3) is 0.778. The van der Waals surface area contributed by atoms with Crippen molar-refractivity contribution in [1.29, 1.82) is 0 Å². The minimum atomic E-state index is 0.899. The second-order valence-corrected chi connectivity index (χ2v) is 3.82. The molecule has 0 heterocycles. The van der Waals surface area contributed by atoms with Crippen molar-refractivity contribution in [2.24, 2.45) is 0 Å². The normalized spacial score (nSPS) is 13.7. The summed E-state index contributed by atoms with van der Waals surface area (Å²) in [5, 5.41) is 0.899. The van der Waals surface area contributed by atoms with Crippen LogP contribution in [0.3, 0.4) is 0 Å². The van der Waals surface area contributed by atoms with Crippen molar-refractivity contribution in [3.8, 4) is 0 Å². The maximum atomic E-state index is 5.75. The first-order chi connectivity index (χ1) is 5.04. The van der Waals surface area contributed by atoms with E-state index in [9.17, 15) is 0 Å². The average Bonchev–Trinajstić information content (AvgIpc) is 2.00. The Morgan fingerprint density at radius 1 is 1.36 bits per heavy atom. The maximum Gasteiger partial charge on any atom is 0.0985 e. The van der Waals surface area contributed by atoms with E-state index in [2.05, 4.69) is 27.0 Å². The molecule has 11 heavy (non-hydrogen) atoms. The van der Waals surface area contributed by atoms with E-state index in [1.54, 1.807) is 0 Å². The lowest BCUT2D eigenvalue weighted by Crippen LogP contribution is -2.43. The van der Waals surface area contributed by atoms with E-state index in [1.165, 1.54) is 0 Å². The summed E-state index contributed by atoms with van der Waals surface area (Å²) in [5.41, 5.74) is 0. The predicted octanol–water partition coefficient (Wildman–Crippen LogP) is 2.62. The number of nitrogens with zero attached hydrogens (tertiary/aromatic N) is 1. The highest BCUT2D eigenvalue weighted by atomic mass is 35.5. The highest BCUT2D eigenvalue weighted by Crippen LogP contribution is 2.05. The summed E-state index contributed by atoms with van der Waals surface area (Å²) in [7, 11) is 2.25. The van der Waals surface area contributed by atoms with E-state index < -0.39 is 0 Å². The van der Waals surface area contributed by atoms with Crippen molar-refractivity contribution < 1.29 is 4.48 Å². The third-order valence-corrected chi connectivity index (χ3v) is 2.49. The number of rotatable bonds is 4. The number of halogens is 1. The second kappa shape index (κ2) is 4.78. The Labute approximate surface area is 75.2 Å². The van der Waals surface area contributed by atoms with Gasteiger partial charge in [-0.1, -0.05) is 11.6 Å². The molecule has 0 aliphatic rings. The van der Waals surface area contributed by atoms with Crippen molar-refractivity contribution in [1.82, 2.24) is 0 Å². The fourth-order valence-corrected chi connectivity index (χ4v) is 0.897. The van der Waals surface area contributed by atoms with Crippen LogP contribution in [0.4, 0.5) is 0 Å². The minimum Gasteiger partial charge on any atom is -0.323 e. The average molecular weight is 177 g/mol. The molecule has 1 nitrogen and oxygen atoms in total. The van der Waals surface area contributed by atoms with Crippen LogP contribution >= 0.6 is 11.6 Å². The van der Waals surface area contributed by atoms with Crippen LogP contribution < -0.4 is 0 Å². The van der Waals surface area contributed by atoms with Gasteiger partial charge >= 0.3 is 0 Å². The van der Waals surface area contributed by atoms with Gasteiger partial charge < -0.3 is 4.48 Å². The summed E-state index contributed by atoms with van der Waals surface area (Å²) in [5.74, 6) is 0. The van der Waals surface area contributed by atoms with Crippen molar-refractivity contribution in [2.45, 2.75) is 20.8 Å². The van der Waals surface area contributed by atoms with Gasteiger partial charge in [-0.05, 0) is 26.8 Å². The zero-order chi connectivity index (χ0) is 8.91. The first-order valence-electron chi connectivity index (χ1n) is 4.20. The molecular formula is C9H19ClN+. The van der Waals surface area contributed by atoms with Gasteiger partial charge in [0.1, 0.15) is 0 Å². The van der Waals surface area contributed by atoms with Crippen LogP contribution in [0.2, 0.25) is 0 Å². The molecule has 0 aromatic heterocycles. The first kappa shape index (κ1) is 11.0. The molecule has 0 aromatic carbocycles. The van der Waals surface area contributed by atoms with Gasteiger partial charge in [0.25, 0.3) is 0 Å². The molecule has 0 aliphatic heterocycles. The van der Waals surface area contributed by atoms with Crippen LogP contribution in [0.5, 0.6) is 0 Å². The zero-order valence-electron chi connectivity index (χ0n) is 8.02. The minimum absolute atomic E-state index is 0.899. The van der Waals surface area contributed by atoms with Gasteiger partial charge in [0.15, 0.2) is 0 Å². The fourth-order valence-electron chi connectivity index (χ4n) is 0.828. The van der Waals surface area contributed by atoms with Gasteiger partial charge in [-0.3, -0.25) is 0 Å². The van der Waals surface area contributed by atoms with Gasteiger partial charge in [-0.25, -0.2) is 0 Å². The third kappa shape index (κ3) is 4.44. The van der Waals surface area contributed by atoms with E-state index in [0.717, 1.165) is 29.1 Å². The number of allylic oxidation sites excluding steroid dienone is 1. The molecule has 0 unspecified atom stereocenters. The van der Waals surface area contributed by atoms with Gasteiger partial charge in [0, 0.05) is 5.03 Å². The van der Waals surface area contributed by atoms with Gasteiger partial charge in [-0.2, -0.15) is 0 Å². The van der Waals surface area contributed by atoms with Crippen LogP contribution in [-0.2, 0) is 0 Å². The second-order valence-electron chi connectivity index (χ2n) is 3.23. The molecule has 0 radical (unpaired) electrons. The molecule has 0 spiro atoms. The third-order valence-electron chi connectivity index (χ3n) is 2.34. The maximum absolute atomic E-state index is 5.75. The Morgan fingerprint density at radius 2 is 1.82 bits per heavy atom. The van der Waals surface area contributed by atoms with Crippen LogP contribution in [0.15, 0.2) is 11.1 Å². The van der Waals surface area contributed by atoms with Gasteiger partial charge in [0.05, 0.1) is 26.7 Å². The molecular weight excluding hydrogens is 158 g/mol. The van der Waals surface area contributed by atoms with E-state index in [4.69, 9.17) is 11.6 Å². The highest BCUT2D eigenvalue weighted by molar-refractivity contribution is 6.29. The SMILES string of the molecule is CC[N+](C)(CC)CC=C(C)Cl. The topological polar surface area (TPSA) is 0 Å². The van der Waals surface area contributed by atoms with Gasteiger partial charge in [0.2, 0.25) is 0 Å². The summed E-state index contributed by atoms with van der Waals surface area (Å²) in [6.45, 7) is 9.72. The summed E-state index contributed by atoms with van der Waals surface area (Å²) in [6, 6.07) is 0. The molecule has 0 N–H and O–H groups in total. The van der Waals surface area contributed by atoms with Gasteiger partial charge in [-0.15, -0.1) is 0 Å². The standard InChI is InChI=1S/C9H19ClN/c1-5-11(4,6-2)8-7-9(3)10/h7H,5-6,8H2,1-4H3/q+1. The van der Waals surface area contributed by atoms with Crippen molar-refractivity contribution in [2.75, 3.05) is 26.7 Å². The molecule has 0 saturated carbocycles. The summed E-state index contributed by atoms with van der Waals surface area (Å²) >= 11 is 5.75. The number of hydrogen-bond donors (Lipinski definition) is 0. The zero-order valence-corrected chi connectivity index (χ0v) is 8.78. The highest BCUT2D eigenvalue weighted by Gasteiger charge is 2.13. The summed E-state index contributed by atoms with van der Waals surface area (Å²) in [6.07, 6.45) is 2.09. The number of likely N-dealkylation sites (N-methyl/N-ethyl adjacent to an activating group) is 1. The van der Waals surface area contributed by atoms with Crippen molar-refractivity contribution in [3.05, 3.63) is 11.1 Å². The Balaban J connectivity index is 3.98. The first-order valence-corrected chi connectivity index (χ1v) is 4.57. The summed E-state index contributed by atoms with van der Waals surface area (Å²) in [4.78, 5) is 0. The lowest BCUT2D eigenvalue weighted by atomic mass is 10.3. The van der Waals surface area contributed by atoms with E-state index in [1.807, 2.05) is 6.92 Å².